The van der Waals surface area contributed by atoms with E-state index in [1.807, 2.05) is 34.9 Å². The van der Waals surface area contributed by atoms with Crippen molar-refractivity contribution in [2.45, 2.75) is 37.9 Å². The standard InChI is InChI=1S/C22H24N4OS/c1-15-8-12-19(13-9-15)26-21(18-6-4-3-5-7-18)24-25-22(26)28-14-20(27)23-16(2)17-10-11-17/h3-9,12-13,16-17H,10-11,14H2,1-2H3,(H,23,27)/t16-/m1/s1. The van der Waals surface area contributed by atoms with Gasteiger partial charge in [-0.3, -0.25) is 9.36 Å². The van der Waals surface area contributed by atoms with E-state index in [1.165, 1.54) is 30.2 Å². The number of thioether (sulfide) groups is 1. The highest BCUT2D eigenvalue weighted by molar-refractivity contribution is 7.99. The summed E-state index contributed by atoms with van der Waals surface area (Å²) in [6.07, 6.45) is 2.44. The van der Waals surface area contributed by atoms with Crippen molar-refractivity contribution in [3.63, 3.8) is 0 Å². The van der Waals surface area contributed by atoms with Gasteiger partial charge in [-0.2, -0.15) is 0 Å². The van der Waals surface area contributed by atoms with Gasteiger partial charge in [0, 0.05) is 17.3 Å². The molecule has 1 aliphatic rings. The number of nitrogens with one attached hydrogen (secondary N) is 1. The zero-order chi connectivity index (χ0) is 19.5. The van der Waals surface area contributed by atoms with Gasteiger partial charge in [0.25, 0.3) is 0 Å². The van der Waals surface area contributed by atoms with Crippen LogP contribution in [0.4, 0.5) is 0 Å². The molecule has 0 unspecified atom stereocenters. The number of hydrogen-bond donors (Lipinski definition) is 1. The molecule has 0 radical (unpaired) electrons. The van der Waals surface area contributed by atoms with E-state index >= 15 is 0 Å². The average Bonchev–Trinajstić information content (AvgIpc) is 3.48. The monoisotopic (exact) mass is 392 g/mol. The van der Waals surface area contributed by atoms with Crippen LogP contribution >= 0.6 is 11.8 Å². The first-order chi connectivity index (χ1) is 13.6. The van der Waals surface area contributed by atoms with Crippen LogP contribution in [0.2, 0.25) is 0 Å². The van der Waals surface area contributed by atoms with Crippen molar-refractivity contribution in [1.82, 2.24) is 20.1 Å². The van der Waals surface area contributed by atoms with Crippen LogP contribution in [0.15, 0.2) is 59.8 Å². The Morgan fingerprint density at radius 2 is 1.86 bits per heavy atom. The predicted octanol–water partition coefficient (Wildman–Crippen LogP) is 4.25. The molecular formula is C22H24N4OS. The van der Waals surface area contributed by atoms with Gasteiger partial charge in [0.05, 0.1) is 5.75 Å². The molecule has 144 valence electrons. The second kappa shape index (κ2) is 8.19. The Hall–Kier alpha value is -2.60. The molecule has 28 heavy (non-hydrogen) atoms. The summed E-state index contributed by atoms with van der Waals surface area (Å²) in [5.41, 5.74) is 3.18. The summed E-state index contributed by atoms with van der Waals surface area (Å²) < 4.78 is 2.02. The molecule has 0 bridgehead atoms. The second-order valence-corrected chi connectivity index (χ2v) is 8.27. The van der Waals surface area contributed by atoms with Gasteiger partial charge in [-0.05, 0) is 44.7 Å². The van der Waals surface area contributed by atoms with E-state index in [2.05, 4.69) is 53.6 Å². The van der Waals surface area contributed by atoms with Crippen molar-refractivity contribution in [1.29, 1.82) is 0 Å². The van der Waals surface area contributed by atoms with Gasteiger partial charge in [0.1, 0.15) is 0 Å². The number of carbonyl (C=O) groups excluding carboxylic acids is 1. The summed E-state index contributed by atoms with van der Waals surface area (Å²) in [6.45, 7) is 4.15. The number of aryl methyl sites for hydroxylation is 1. The molecule has 1 fully saturated rings. The molecule has 0 spiro atoms. The molecule has 0 aliphatic heterocycles. The van der Waals surface area contributed by atoms with Crippen LogP contribution in [0.25, 0.3) is 17.1 Å². The maximum absolute atomic E-state index is 12.3. The van der Waals surface area contributed by atoms with Crippen molar-refractivity contribution >= 4 is 17.7 Å². The molecule has 1 N–H and O–H groups in total. The summed E-state index contributed by atoms with van der Waals surface area (Å²) in [4.78, 5) is 12.3. The molecule has 3 aromatic rings. The van der Waals surface area contributed by atoms with Crippen molar-refractivity contribution in [3.05, 3.63) is 60.2 Å². The lowest BCUT2D eigenvalue weighted by molar-refractivity contribution is -0.119. The summed E-state index contributed by atoms with van der Waals surface area (Å²) in [6, 6.07) is 18.5. The minimum absolute atomic E-state index is 0.0455. The highest BCUT2D eigenvalue weighted by Crippen LogP contribution is 2.32. The quantitative estimate of drug-likeness (QED) is 0.611. The first-order valence-electron chi connectivity index (χ1n) is 9.62. The lowest BCUT2D eigenvalue weighted by atomic mass is 10.2. The lowest BCUT2D eigenvalue weighted by Gasteiger charge is -2.13. The summed E-state index contributed by atoms with van der Waals surface area (Å²) in [5.74, 6) is 1.80. The minimum Gasteiger partial charge on any atom is -0.353 e. The molecule has 4 rings (SSSR count). The normalized spacial score (nSPS) is 14.6. The van der Waals surface area contributed by atoms with Crippen LogP contribution in [-0.4, -0.2) is 32.5 Å². The van der Waals surface area contributed by atoms with Gasteiger partial charge in [-0.25, -0.2) is 0 Å². The number of hydrogen-bond acceptors (Lipinski definition) is 4. The van der Waals surface area contributed by atoms with Crippen molar-refractivity contribution in [3.8, 4) is 17.1 Å². The van der Waals surface area contributed by atoms with E-state index < -0.39 is 0 Å². The van der Waals surface area contributed by atoms with E-state index in [0.717, 1.165) is 22.2 Å². The minimum atomic E-state index is 0.0455. The number of carbonyl (C=O) groups is 1. The molecule has 1 heterocycles. The van der Waals surface area contributed by atoms with Gasteiger partial charge in [-0.1, -0.05) is 59.8 Å². The third-order valence-corrected chi connectivity index (χ3v) is 5.94. The van der Waals surface area contributed by atoms with Crippen LogP contribution in [0, 0.1) is 12.8 Å². The van der Waals surface area contributed by atoms with Crippen LogP contribution in [0.3, 0.4) is 0 Å². The highest BCUT2D eigenvalue weighted by atomic mass is 32.2. The van der Waals surface area contributed by atoms with Crippen molar-refractivity contribution < 1.29 is 4.79 Å². The van der Waals surface area contributed by atoms with Gasteiger partial charge in [0.15, 0.2) is 11.0 Å². The first kappa shape index (κ1) is 18.7. The third kappa shape index (κ3) is 4.28. The van der Waals surface area contributed by atoms with E-state index in [9.17, 15) is 4.79 Å². The smallest absolute Gasteiger partial charge is 0.230 e. The molecule has 1 atom stereocenters. The predicted molar refractivity (Wildman–Crippen MR) is 113 cm³/mol. The molecule has 1 amide bonds. The zero-order valence-corrected chi connectivity index (χ0v) is 16.9. The second-order valence-electron chi connectivity index (χ2n) is 7.33. The van der Waals surface area contributed by atoms with E-state index in [0.29, 0.717) is 11.7 Å². The van der Waals surface area contributed by atoms with Crippen LogP contribution in [0.1, 0.15) is 25.3 Å². The molecule has 6 heteroatoms. The Bertz CT molecular complexity index is 948. The van der Waals surface area contributed by atoms with Gasteiger partial charge in [0.2, 0.25) is 5.91 Å². The van der Waals surface area contributed by atoms with E-state index in [-0.39, 0.29) is 11.9 Å². The summed E-state index contributed by atoms with van der Waals surface area (Å²) >= 11 is 1.42. The highest BCUT2D eigenvalue weighted by Gasteiger charge is 2.29. The molecule has 1 saturated carbocycles. The maximum Gasteiger partial charge on any atom is 0.230 e. The summed E-state index contributed by atoms with van der Waals surface area (Å²) in [7, 11) is 0. The molecular weight excluding hydrogens is 368 g/mol. The first-order valence-corrected chi connectivity index (χ1v) is 10.6. The van der Waals surface area contributed by atoms with Crippen LogP contribution < -0.4 is 5.32 Å². The largest absolute Gasteiger partial charge is 0.353 e. The van der Waals surface area contributed by atoms with Gasteiger partial charge < -0.3 is 5.32 Å². The Morgan fingerprint density at radius 3 is 2.54 bits per heavy atom. The fourth-order valence-corrected chi connectivity index (χ4v) is 3.97. The van der Waals surface area contributed by atoms with Gasteiger partial charge >= 0.3 is 0 Å². The zero-order valence-electron chi connectivity index (χ0n) is 16.1. The molecule has 0 saturated heterocycles. The third-order valence-electron chi connectivity index (χ3n) is 5.01. The molecule has 1 aromatic heterocycles. The number of amides is 1. The van der Waals surface area contributed by atoms with Crippen LogP contribution in [-0.2, 0) is 4.79 Å². The Kier molecular flexibility index (Phi) is 5.48. The Labute approximate surface area is 169 Å². The fourth-order valence-electron chi connectivity index (χ4n) is 3.20. The van der Waals surface area contributed by atoms with Crippen molar-refractivity contribution in [2.75, 3.05) is 5.75 Å². The van der Waals surface area contributed by atoms with Gasteiger partial charge in [-0.15, -0.1) is 10.2 Å². The van der Waals surface area contributed by atoms with Crippen molar-refractivity contribution in [2.24, 2.45) is 5.92 Å². The lowest BCUT2D eigenvalue weighted by Crippen LogP contribution is -2.35. The molecule has 5 nitrogen and oxygen atoms in total. The fraction of sp³-hybridized carbons (Fsp3) is 0.318. The van der Waals surface area contributed by atoms with E-state index in [4.69, 9.17) is 0 Å². The number of rotatable bonds is 7. The number of aromatic nitrogens is 3. The topological polar surface area (TPSA) is 59.8 Å². The Balaban J connectivity index is 1.58. The number of nitrogens with zero attached hydrogens (tertiary/aromatic N) is 3. The molecule has 2 aromatic carbocycles. The maximum atomic E-state index is 12.3. The van der Waals surface area contributed by atoms with Crippen LogP contribution in [0.5, 0.6) is 0 Å². The Morgan fingerprint density at radius 1 is 1.14 bits per heavy atom. The average molecular weight is 393 g/mol. The number of benzene rings is 2. The van der Waals surface area contributed by atoms with E-state index in [1.54, 1.807) is 0 Å². The SMILES string of the molecule is Cc1ccc(-n2c(SCC(=O)N[C@H](C)C3CC3)nnc2-c2ccccc2)cc1. The molecule has 1 aliphatic carbocycles. The summed E-state index contributed by atoms with van der Waals surface area (Å²) in [5, 5.41) is 12.6.